The number of hydrogen-bond acceptors (Lipinski definition) is 6. The average Bonchev–Trinajstić information content (AvgIpc) is 2.39. The maximum Gasteiger partial charge on any atom is 0.376 e. The van der Waals surface area contributed by atoms with E-state index in [4.69, 9.17) is 4.74 Å². The van der Waals surface area contributed by atoms with Crippen molar-refractivity contribution in [2.75, 3.05) is 25.6 Å². The van der Waals surface area contributed by atoms with E-state index in [1.54, 1.807) is 12.3 Å². The van der Waals surface area contributed by atoms with Crippen LogP contribution >= 0.6 is 0 Å². The predicted molar refractivity (Wildman–Crippen MR) is 60.8 cm³/mol. The number of esters is 1. The van der Waals surface area contributed by atoms with Gasteiger partial charge in [0.25, 0.3) is 0 Å². The zero-order chi connectivity index (χ0) is 12.1. The van der Waals surface area contributed by atoms with Gasteiger partial charge in [-0.1, -0.05) is 0 Å². The molecule has 1 saturated heterocycles. The normalized spacial score (nSPS) is 16.5. The summed E-state index contributed by atoms with van der Waals surface area (Å²) in [6.07, 6.45) is 3.43. The van der Waals surface area contributed by atoms with Crippen LogP contribution in [0.3, 0.4) is 0 Å². The number of methoxy groups -OCH3 is 1. The lowest BCUT2D eigenvalue weighted by molar-refractivity contribution is 0.0586. The summed E-state index contributed by atoms with van der Waals surface area (Å²) in [6.45, 7) is 1.51. The summed E-state index contributed by atoms with van der Waals surface area (Å²) in [4.78, 5) is 19.2. The summed E-state index contributed by atoms with van der Waals surface area (Å²) in [7, 11) is 1.31. The van der Waals surface area contributed by atoms with Crippen molar-refractivity contribution in [1.82, 2.24) is 9.97 Å². The number of nitrogens with zero attached hydrogens (tertiary/aromatic N) is 2. The van der Waals surface area contributed by atoms with Gasteiger partial charge in [0.1, 0.15) is 5.82 Å². The molecule has 1 aromatic heterocycles. The Balaban J connectivity index is 2.02. The third kappa shape index (κ3) is 3.13. The van der Waals surface area contributed by atoms with Gasteiger partial charge in [0.05, 0.1) is 7.11 Å². The van der Waals surface area contributed by atoms with E-state index in [1.807, 2.05) is 0 Å². The highest BCUT2D eigenvalue weighted by Crippen LogP contribution is 2.12. The smallest absolute Gasteiger partial charge is 0.376 e. The molecule has 1 fully saturated rings. The molecular weight excluding hydrogens is 222 g/mol. The van der Waals surface area contributed by atoms with Crippen LogP contribution in [0.5, 0.6) is 0 Å². The van der Waals surface area contributed by atoms with E-state index >= 15 is 0 Å². The largest absolute Gasteiger partial charge is 0.463 e. The first-order valence-corrected chi connectivity index (χ1v) is 5.55. The van der Waals surface area contributed by atoms with Gasteiger partial charge in [-0.15, -0.1) is 0 Å². The molecule has 0 bridgehead atoms. The van der Waals surface area contributed by atoms with Crippen LogP contribution in [-0.2, 0) is 9.47 Å². The Morgan fingerprint density at radius 2 is 2.29 bits per heavy atom. The number of rotatable bonds is 3. The van der Waals surface area contributed by atoms with Crippen LogP contribution in [0.1, 0.15) is 23.5 Å². The van der Waals surface area contributed by atoms with Crippen LogP contribution in [-0.4, -0.2) is 42.3 Å². The van der Waals surface area contributed by atoms with Gasteiger partial charge >= 0.3 is 5.97 Å². The summed E-state index contributed by atoms with van der Waals surface area (Å²) in [5.74, 6) is 0.192. The molecule has 0 radical (unpaired) electrons. The van der Waals surface area contributed by atoms with Crippen molar-refractivity contribution in [3.63, 3.8) is 0 Å². The van der Waals surface area contributed by atoms with Crippen molar-refractivity contribution >= 4 is 11.8 Å². The molecule has 0 aliphatic carbocycles. The van der Waals surface area contributed by atoms with Crippen LogP contribution in [0.15, 0.2) is 12.3 Å². The second kappa shape index (κ2) is 5.58. The maximum atomic E-state index is 11.3. The van der Waals surface area contributed by atoms with Crippen LogP contribution in [0, 0.1) is 0 Å². The Morgan fingerprint density at radius 1 is 1.53 bits per heavy atom. The minimum absolute atomic E-state index is 0.0737. The monoisotopic (exact) mass is 237 g/mol. The van der Waals surface area contributed by atoms with E-state index in [0.717, 1.165) is 26.1 Å². The molecule has 1 aliphatic heterocycles. The lowest BCUT2D eigenvalue weighted by Gasteiger charge is -2.23. The van der Waals surface area contributed by atoms with Gasteiger partial charge < -0.3 is 14.8 Å². The molecule has 2 heterocycles. The van der Waals surface area contributed by atoms with Gasteiger partial charge in [0.2, 0.25) is 5.82 Å². The zero-order valence-corrected chi connectivity index (χ0v) is 9.68. The first-order valence-electron chi connectivity index (χ1n) is 5.55. The van der Waals surface area contributed by atoms with Gasteiger partial charge in [-0.3, -0.25) is 0 Å². The first kappa shape index (κ1) is 11.8. The van der Waals surface area contributed by atoms with Crippen molar-refractivity contribution in [2.24, 2.45) is 0 Å². The highest BCUT2D eigenvalue weighted by molar-refractivity contribution is 5.85. The third-order valence-electron chi connectivity index (χ3n) is 2.60. The van der Waals surface area contributed by atoms with E-state index in [0.29, 0.717) is 11.9 Å². The minimum atomic E-state index is -0.527. The van der Waals surface area contributed by atoms with Crippen LogP contribution < -0.4 is 5.32 Å². The second-order valence-electron chi connectivity index (χ2n) is 3.79. The molecule has 17 heavy (non-hydrogen) atoms. The molecule has 0 unspecified atom stereocenters. The van der Waals surface area contributed by atoms with Gasteiger partial charge in [-0.05, 0) is 18.9 Å². The van der Waals surface area contributed by atoms with Gasteiger partial charge in [0, 0.05) is 25.5 Å². The topological polar surface area (TPSA) is 73.3 Å². The molecule has 1 aliphatic rings. The molecule has 0 amide bonds. The Morgan fingerprint density at radius 3 is 3.00 bits per heavy atom. The standard InChI is InChI=1S/C11H15N3O3/c1-16-11(15)10-12-5-2-9(14-10)13-8-3-6-17-7-4-8/h2,5,8H,3-4,6-7H2,1H3,(H,12,13,14). The average molecular weight is 237 g/mol. The number of carbonyl (C=O) groups excluding carboxylic acids is 1. The Kier molecular flexibility index (Phi) is 3.87. The molecule has 1 aromatic rings. The fraction of sp³-hybridized carbons (Fsp3) is 0.545. The molecular formula is C11H15N3O3. The molecule has 92 valence electrons. The van der Waals surface area contributed by atoms with E-state index < -0.39 is 5.97 Å². The Labute approximate surface area is 99.4 Å². The molecule has 0 saturated carbocycles. The molecule has 0 spiro atoms. The summed E-state index contributed by atoms with van der Waals surface area (Å²) in [6, 6.07) is 2.08. The van der Waals surface area contributed by atoms with Crippen molar-refractivity contribution in [3.8, 4) is 0 Å². The number of aromatic nitrogens is 2. The molecule has 2 rings (SSSR count). The highest BCUT2D eigenvalue weighted by atomic mass is 16.5. The number of anilines is 1. The molecule has 6 heteroatoms. The zero-order valence-electron chi connectivity index (χ0n) is 9.68. The van der Waals surface area contributed by atoms with E-state index in [-0.39, 0.29) is 5.82 Å². The van der Waals surface area contributed by atoms with Crippen molar-refractivity contribution < 1.29 is 14.3 Å². The van der Waals surface area contributed by atoms with Gasteiger partial charge in [0.15, 0.2) is 0 Å². The highest BCUT2D eigenvalue weighted by Gasteiger charge is 2.15. The fourth-order valence-corrected chi connectivity index (χ4v) is 1.68. The van der Waals surface area contributed by atoms with E-state index in [9.17, 15) is 4.79 Å². The quantitative estimate of drug-likeness (QED) is 0.786. The Bertz CT molecular complexity index is 391. The van der Waals surface area contributed by atoms with Crippen molar-refractivity contribution in [1.29, 1.82) is 0 Å². The van der Waals surface area contributed by atoms with Crippen LogP contribution in [0.25, 0.3) is 0 Å². The Hall–Kier alpha value is -1.69. The number of carbonyl (C=O) groups is 1. The van der Waals surface area contributed by atoms with Crippen LogP contribution in [0.4, 0.5) is 5.82 Å². The maximum absolute atomic E-state index is 11.3. The molecule has 6 nitrogen and oxygen atoms in total. The lowest BCUT2D eigenvalue weighted by atomic mass is 10.1. The lowest BCUT2D eigenvalue weighted by Crippen LogP contribution is -2.28. The summed E-state index contributed by atoms with van der Waals surface area (Å²) < 4.78 is 9.84. The fourth-order valence-electron chi connectivity index (χ4n) is 1.68. The number of hydrogen-bond donors (Lipinski definition) is 1. The van der Waals surface area contributed by atoms with Gasteiger partial charge in [-0.25, -0.2) is 14.8 Å². The summed E-state index contributed by atoms with van der Waals surface area (Å²) in [5.41, 5.74) is 0. The summed E-state index contributed by atoms with van der Waals surface area (Å²) in [5, 5.41) is 3.26. The molecule has 1 N–H and O–H groups in total. The van der Waals surface area contributed by atoms with Crippen LogP contribution in [0.2, 0.25) is 0 Å². The van der Waals surface area contributed by atoms with E-state index in [2.05, 4.69) is 20.0 Å². The summed E-state index contributed by atoms with van der Waals surface area (Å²) >= 11 is 0. The molecule has 0 atom stereocenters. The SMILES string of the molecule is COC(=O)c1nccc(NC2CCOCC2)n1. The minimum Gasteiger partial charge on any atom is -0.463 e. The van der Waals surface area contributed by atoms with Gasteiger partial charge in [-0.2, -0.15) is 0 Å². The third-order valence-corrected chi connectivity index (χ3v) is 2.60. The number of nitrogens with one attached hydrogen (secondary N) is 1. The first-order chi connectivity index (χ1) is 8.29. The van der Waals surface area contributed by atoms with Crippen molar-refractivity contribution in [2.45, 2.75) is 18.9 Å². The second-order valence-corrected chi connectivity index (χ2v) is 3.79. The molecule has 0 aromatic carbocycles. The van der Waals surface area contributed by atoms with Crippen molar-refractivity contribution in [3.05, 3.63) is 18.1 Å². The number of ether oxygens (including phenoxy) is 2. The predicted octanol–water partition coefficient (Wildman–Crippen LogP) is 0.854. The van der Waals surface area contributed by atoms with E-state index in [1.165, 1.54) is 7.11 Å².